The molecule has 0 saturated carbocycles. The largest absolute Gasteiger partial charge is 0.464 e. The van der Waals surface area contributed by atoms with Crippen LogP contribution in [0.4, 0.5) is 11.5 Å². The summed E-state index contributed by atoms with van der Waals surface area (Å²) in [5.41, 5.74) is 8.62. The van der Waals surface area contributed by atoms with Gasteiger partial charge in [-0.25, -0.2) is 9.78 Å². The highest BCUT2D eigenvalue weighted by Gasteiger charge is 2.22. The van der Waals surface area contributed by atoms with Crippen molar-refractivity contribution >= 4 is 23.4 Å². The standard InChI is InChI=1S/C26H31N5O4/c1-4-35-26(34)22(14-19-8-6-5-7-9-19)30-21-12-10-17(2)31(25(21)33)16-24(32)28-15-20-11-13-23(27)29-18(20)3/h5-13,22,30H,4,14-16H2,1-3H3,(H2,27,29)(H,28,32)/t22-/m0/s1. The maximum atomic E-state index is 13.2. The minimum absolute atomic E-state index is 0.162. The van der Waals surface area contributed by atoms with Gasteiger partial charge in [-0.1, -0.05) is 36.4 Å². The number of aryl methyl sites for hydroxylation is 2. The minimum Gasteiger partial charge on any atom is -0.464 e. The second-order valence-corrected chi connectivity index (χ2v) is 8.18. The third-order valence-electron chi connectivity index (χ3n) is 5.57. The first-order valence-corrected chi connectivity index (χ1v) is 11.4. The fourth-order valence-corrected chi connectivity index (χ4v) is 3.64. The van der Waals surface area contributed by atoms with Crippen LogP contribution >= 0.6 is 0 Å². The van der Waals surface area contributed by atoms with Gasteiger partial charge in [0.15, 0.2) is 0 Å². The molecule has 0 bridgehead atoms. The Morgan fingerprint density at radius 1 is 1.09 bits per heavy atom. The van der Waals surface area contributed by atoms with Crippen molar-refractivity contribution in [2.45, 2.75) is 46.3 Å². The molecule has 1 aromatic carbocycles. The zero-order valence-corrected chi connectivity index (χ0v) is 20.2. The Morgan fingerprint density at radius 2 is 1.83 bits per heavy atom. The zero-order chi connectivity index (χ0) is 25.4. The van der Waals surface area contributed by atoms with E-state index < -0.39 is 17.6 Å². The number of nitrogens with zero attached hydrogens (tertiary/aromatic N) is 2. The first-order chi connectivity index (χ1) is 16.8. The van der Waals surface area contributed by atoms with E-state index in [0.29, 0.717) is 17.9 Å². The second-order valence-electron chi connectivity index (χ2n) is 8.18. The van der Waals surface area contributed by atoms with Crippen LogP contribution in [0.1, 0.15) is 29.4 Å². The fraction of sp³-hybridized carbons (Fsp3) is 0.308. The van der Waals surface area contributed by atoms with Gasteiger partial charge in [-0.2, -0.15) is 0 Å². The number of esters is 1. The van der Waals surface area contributed by atoms with E-state index in [4.69, 9.17) is 10.5 Å². The van der Waals surface area contributed by atoms with Crippen LogP contribution in [-0.4, -0.2) is 34.1 Å². The van der Waals surface area contributed by atoms with Gasteiger partial charge in [-0.15, -0.1) is 0 Å². The number of benzene rings is 1. The molecule has 4 N–H and O–H groups in total. The number of nitrogen functional groups attached to an aromatic ring is 1. The molecule has 2 heterocycles. The molecule has 184 valence electrons. The van der Waals surface area contributed by atoms with Crippen molar-refractivity contribution < 1.29 is 14.3 Å². The summed E-state index contributed by atoms with van der Waals surface area (Å²) in [4.78, 5) is 42.6. The summed E-state index contributed by atoms with van der Waals surface area (Å²) in [7, 11) is 0. The average Bonchev–Trinajstić information content (AvgIpc) is 2.83. The van der Waals surface area contributed by atoms with Crippen LogP contribution in [-0.2, 0) is 33.8 Å². The van der Waals surface area contributed by atoms with Crippen molar-refractivity contribution in [2.24, 2.45) is 0 Å². The molecule has 3 aromatic rings. The molecule has 35 heavy (non-hydrogen) atoms. The number of aromatic nitrogens is 2. The predicted octanol–water partition coefficient (Wildman–Crippen LogP) is 2.35. The van der Waals surface area contributed by atoms with Crippen LogP contribution in [0.5, 0.6) is 0 Å². The summed E-state index contributed by atoms with van der Waals surface area (Å²) < 4.78 is 6.58. The summed E-state index contributed by atoms with van der Waals surface area (Å²) in [6, 6.07) is 15.6. The molecule has 9 nitrogen and oxygen atoms in total. The van der Waals surface area contributed by atoms with Gasteiger partial charge >= 0.3 is 5.97 Å². The molecule has 9 heteroatoms. The number of carbonyl (C=O) groups is 2. The third kappa shape index (κ3) is 6.92. The van der Waals surface area contributed by atoms with Crippen LogP contribution < -0.4 is 21.9 Å². The Hall–Kier alpha value is -4.14. The molecule has 1 amide bonds. The molecule has 0 fully saturated rings. The van der Waals surface area contributed by atoms with Gasteiger partial charge in [0.05, 0.1) is 6.61 Å². The maximum absolute atomic E-state index is 13.2. The lowest BCUT2D eigenvalue weighted by Gasteiger charge is -2.19. The summed E-state index contributed by atoms with van der Waals surface area (Å²) in [5.74, 6) is -0.361. The van der Waals surface area contributed by atoms with Gasteiger partial charge in [0, 0.05) is 24.4 Å². The zero-order valence-electron chi connectivity index (χ0n) is 20.2. The number of anilines is 2. The second kappa shape index (κ2) is 11.8. The van der Waals surface area contributed by atoms with E-state index in [0.717, 1.165) is 16.8 Å². The Kier molecular flexibility index (Phi) is 8.61. The van der Waals surface area contributed by atoms with E-state index in [2.05, 4.69) is 15.6 Å². The predicted molar refractivity (Wildman–Crippen MR) is 135 cm³/mol. The summed E-state index contributed by atoms with van der Waals surface area (Å²) in [6.45, 7) is 5.64. The molecule has 2 aromatic heterocycles. The molecule has 0 spiro atoms. The number of carbonyl (C=O) groups excluding carboxylic acids is 2. The number of hydrogen-bond acceptors (Lipinski definition) is 7. The molecule has 3 rings (SSSR count). The van der Waals surface area contributed by atoms with Gasteiger partial charge in [0.1, 0.15) is 24.1 Å². The third-order valence-corrected chi connectivity index (χ3v) is 5.57. The molecule has 0 aliphatic rings. The van der Waals surface area contributed by atoms with Crippen molar-refractivity contribution in [3.8, 4) is 0 Å². The molecule has 0 aliphatic carbocycles. The quantitative estimate of drug-likeness (QED) is 0.382. The van der Waals surface area contributed by atoms with E-state index in [9.17, 15) is 14.4 Å². The van der Waals surface area contributed by atoms with Crippen LogP contribution in [0, 0.1) is 13.8 Å². The normalized spacial score (nSPS) is 11.5. The number of nitrogens with two attached hydrogens (primary N) is 1. The lowest BCUT2D eigenvalue weighted by molar-refractivity contribution is -0.144. The first-order valence-electron chi connectivity index (χ1n) is 11.4. The number of nitrogens with one attached hydrogen (secondary N) is 2. The number of ether oxygens (including phenoxy) is 1. The van der Waals surface area contributed by atoms with Gasteiger partial charge in [0.2, 0.25) is 5.91 Å². The highest BCUT2D eigenvalue weighted by atomic mass is 16.5. The topological polar surface area (TPSA) is 128 Å². The molecule has 0 saturated heterocycles. The maximum Gasteiger partial charge on any atom is 0.328 e. The van der Waals surface area contributed by atoms with Crippen LogP contribution in [0.2, 0.25) is 0 Å². The fourth-order valence-electron chi connectivity index (χ4n) is 3.64. The molecule has 1 atom stereocenters. The van der Waals surface area contributed by atoms with Gasteiger partial charge < -0.3 is 25.7 Å². The first kappa shape index (κ1) is 25.5. The minimum atomic E-state index is -0.754. The Morgan fingerprint density at radius 3 is 2.51 bits per heavy atom. The highest BCUT2D eigenvalue weighted by molar-refractivity contribution is 5.80. The monoisotopic (exact) mass is 477 g/mol. The van der Waals surface area contributed by atoms with E-state index in [1.54, 1.807) is 32.0 Å². The lowest BCUT2D eigenvalue weighted by atomic mass is 10.1. The molecular formula is C26H31N5O4. The van der Waals surface area contributed by atoms with Crippen molar-refractivity contribution in [1.82, 2.24) is 14.9 Å². The van der Waals surface area contributed by atoms with Crippen molar-refractivity contribution in [3.63, 3.8) is 0 Å². The van der Waals surface area contributed by atoms with Crippen molar-refractivity contribution in [3.05, 3.63) is 87.5 Å². The van der Waals surface area contributed by atoms with Gasteiger partial charge in [-0.3, -0.25) is 9.59 Å². The van der Waals surface area contributed by atoms with E-state index in [1.807, 2.05) is 43.3 Å². The molecule has 0 unspecified atom stereocenters. The number of pyridine rings is 2. The number of amides is 1. The van der Waals surface area contributed by atoms with Gasteiger partial charge in [0.25, 0.3) is 5.56 Å². The molecular weight excluding hydrogens is 446 g/mol. The van der Waals surface area contributed by atoms with E-state index in [-0.39, 0.29) is 31.3 Å². The smallest absolute Gasteiger partial charge is 0.328 e. The Bertz CT molecular complexity index is 1240. The molecule has 0 radical (unpaired) electrons. The number of hydrogen-bond donors (Lipinski definition) is 3. The average molecular weight is 478 g/mol. The Balaban J connectivity index is 1.75. The van der Waals surface area contributed by atoms with Gasteiger partial charge in [-0.05, 0) is 50.1 Å². The van der Waals surface area contributed by atoms with Crippen LogP contribution in [0.3, 0.4) is 0 Å². The summed E-state index contributed by atoms with van der Waals surface area (Å²) in [5, 5.41) is 5.85. The van der Waals surface area contributed by atoms with Crippen molar-refractivity contribution in [2.75, 3.05) is 17.7 Å². The summed E-state index contributed by atoms with van der Waals surface area (Å²) >= 11 is 0. The number of rotatable bonds is 10. The summed E-state index contributed by atoms with van der Waals surface area (Å²) in [6.07, 6.45) is 0.350. The van der Waals surface area contributed by atoms with E-state index in [1.165, 1.54) is 4.57 Å². The Labute approximate surface area is 204 Å². The van der Waals surface area contributed by atoms with Crippen molar-refractivity contribution in [1.29, 1.82) is 0 Å². The SMILES string of the molecule is CCOC(=O)[C@H](Cc1ccccc1)Nc1ccc(C)n(CC(=O)NCc2ccc(N)nc2C)c1=O. The van der Waals surface area contributed by atoms with Crippen LogP contribution in [0.25, 0.3) is 0 Å². The van der Waals surface area contributed by atoms with E-state index >= 15 is 0 Å². The van der Waals surface area contributed by atoms with Crippen LogP contribution in [0.15, 0.2) is 59.4 Å². The molecule has 0 aliphatic heterocycles. The lowest BCUT2D eigenvalue weighted by Crippen LogP contribution is -2.38. The highest BCUT2D eigenvalue weighted by Crippen LogP contribution is 2.12.